The molecule has 0 aliphatic rings. The van der Waals surface area contributed by atoms with Gasteiger partial charge in [0.05, 0.1) is 0 Å². The van der Waals surface area contributed by atoms with Gasteiger partial charge in [0, 0.05) is 4.90 Å². The van der Waals surface area contributed by atoms with Crippen molar-refractivity contribution in [2.75, 3.05) is 0 Å². The van der Waals surface area contributed by atoms with E-state index in [-0.39, 0.29) is 0 Å². The van der Waals surface area contributed by atoms with Gasteiger partial charge in [-0.3, -0.25) is 0 Å². The van der Waals surface area contributed by atoms with Crippen molar-refractivity contribution in [3.63, 3.8) is 0 Å². The van der Waals surface area contributed by atoms with E-state index in [9.17, 15) is 5.11 Å². The molecule has 0 radical (unpaired) electrons. The van der Waals surface area contributed by atoms with Crippen LogP contribution in [0.1, 0.15) is 12.5 Å². The Balaban J connectivity index is 2.10. The largest absolute Gasteiger partial charge is 0.374 e. The first-order valence-electron chi connectivity index (χ1n) is 5.70. The van der Waals surface area contributed by atoms with Crippen LogP contribution in [0.3, 0.4) is 0 Å². The van der Waals surface area contributed by atoms with Gasteiger partial charge in [-0.2, -0.15) is 0 Å². The number of benzene rings is 2. The molecule has 90 valence electrons. The number of hydrogen-bond acceptors (Lipinski definition) is 2. The topological polar surface area (TPSA) is 20.2 Å². The van der Waals surface area contributed by atoms with E-state index in [0.29, 0.717) is 0 Å². The SMILES string of the molecule is CC(O)(C#CSc1ccccc1)c1ccccc1. The summed E-state index contributed by atoms with van der Waals surface area (Å²) in [6.07, 6.45) is 0. The summed E-state index contributed by atoms with van der Waals surface area (Å²) in [5, 5.41) is 13.2. The lowest BCUT2D eigenvalue weighted by atomic mass is 9.97. The summed E-state index contributed by atoms with van der Waals surface area (Å²) in [7, 11) is 0. The fourth-order valence-corrected chi connectivity index (χ4v) is 2.17. The Labute approximate surface area is 112 Å². The quantitative estimate of drug-likeness (QED) is 0.652. The van der Waals surface area contributed by atoms with Crippen molar-refractivity contribution in [3.8, 4) is 11.2 Å². The fraction of sp³-hybridized carbons (Fsp3) is 0.125. The molecule has 0 aliphatic heterocycles. The summed E-state index contributed by atoms with van der Waals surface area (Å²) >= 11 is 1.42. The highest BCUT2D eigenvalue weighted by Crippen LogP contribution is 2.21. The van der Waals surface area contributed by atoms with Crippen LogP contribution in [-0.2, 0) is 5.60 Å². The molecule has 1 unspecified atom stereocenters. The highest BCUT2D eigenvalue weighted by atomic mass is 32.2. The van der Waals surface area contributed by atoms with E-state index in [1.165, 1.54) is 11.8 Å². The van der Waals surface area contributed by atoms with Crippen LogP contribution < -0.4 is 0 Å². The lowest BCUT2D eigenvalue weighted by Gasteiger charge is -2.16. The van der Waals surface area contributed by atoms with Crippen molar-refractivity contribution in [1.82, 2.24) is 0 Å². The third-order valence-electron chi connectivity index (χ3n) is 2.54. The standard InChI is InChI=1S/C16H14OS/c1-16(17,14-8-4-2-5-9-14)12-13-18-15-10-6-3-7-11-15/h2-11,17H,1H3. The molecule has 2 heteroatoms. The van der Waals surface area contributed by atoms with Gasteiger partial charge in [0.25, 0.3) is 0 Å². The smallest absolute Gasteiger partial charge is 0.149 e. The number of hydrogen-bond donors (Lipinski definition) is 1. The molecule has 0 saturated heterocycles. The van der Waals surface area contributed by atoms with Gasteiger partial charge in [-0.05, 0) is 41.6 Å². The van der Waals surface area contributed by atoms with E-state index in [4.69, 9.17) is 0 Å². The van der Waals surface area contributed by atoms with Crippen LogP contribution in [0.5, 0.6) is 0 Å². The summed E-state index contributed by atoms with van der Waals surface area (Å²) in [4.78, 5) is 1.08. The monoisotopic (exact) mass is 254 g/mol. The molecule has 0 spiro atoms. The third-order valence-corrected chi connectivity index (χ3v) is 3.25. The van der Waals surface area contributed by atoms with Crippen LogP contribution in [0, 0.1) is 11.2 Å². The zero-order valence-electron chi connectivity index (χ0n) is 10.1. The Morgan fingerprint density at radius 2 is 1.50 bits per heavy atom. The lowest BCUT2D eigenvalue weighted by molar-refractivity contribution is 0.122. The second kappa shape index (κ2) is 5.77. The predicted molar refractivity (Wildman–Crippen MR) is 76.1 cm³/mol. The van der Waals surface area contributed by atoms with Crippen molar-refractivity contribution in [1.29, 1.82) is 0 Å². The van der Waals surface area contributed by atoms with E-state index in [2.05, 4.69) is 11.2 Å². The second-order valence-electron chi connectivity index (χ2n) is 4.08. The van der Waals surface area contributed by atoms with Crippen LogP contribution in [0.25, 0.3) is 0 Å². The molecule has 0 aromatic heterocycles. The van der Waals surface area contributed by atoms with Crippen molar-refractivity contribution >= 4 is 11.8 Å². The van der Waals surface area contributed by atoms with E-state index < -0.39 is 5.60 Å². The van der Waals surface area contributed by atoms with Crippen molar-refractivity contribution < 1.29 is 5.11 Å². The summed E-state index contributed by atoms with van der Waals surface area (Å²) < 4.78 is 0. The molecule has 1 nitrogen and oxygen atoms in total. The minimum Gasteiger partial charge on any atom is -0.374 e. The van der Waals surface area contributed by atoms with E-state index >= 15 is 0 Å². The zero-order chi connectivity index (χ0) is 12.8. The van der Waals surface area contributed by atoms with Crippen LogP contribution in [0.15, 0.2) is 65.6 Å². The maximum atomic E-state index is 10.3. The molecule has 0 aliphatic carbocycles. The van der Waals surface area contributed by atoms with Crippen molar-refractivity contribution in [2.45, 2.75) is 17.4 Å². The molecule has 2 rings (SSSR count). The Bertz CT molecular complexity index is 550. The highest BCUT2D eigenvalue weighted by Gasteiger charge is 2.18. The van der Waals surface area contributed by atoms with Gasteiger partial charge in [-0.25, -0.2) is 0 Å². The third kappa shape index (κ3) is 3.40. The molecule has 18 heavy (non-hydrogen) atoms. The van der Waals surface area contributed by atoms with Gasteiger partial charge in [-0.15, -0.1) is 0 Å². The minimum absolute atomic E-state index is 0.811. The van der Waals surface area contributed by atoms with Crippen LogP contribution >= 0.6 is 11.8 Å². The molecule has 0 bridgehead atoms. The van der Waals surface area contributed by atoms with Crippen LogP contribution in [-0.4, -0.2) is 5.11 Å². The highest BCUT2D eigenvalue weighted by molar-refractivity contribution is 8.03. The van der Waals surface area contributed by atoms with Gasteiger partial charge >= 0.3 is 0 Å². The molecule has 0 amide bonds. The van der Waals surface area contributed by atoms with E-state index in [0.717, 1.165) is 10.5 Å². The van der Waals surface area contributed by atoms with E-state index in [1.54, 1.807) is 6.92 Å². The summed E-state index contributed by atoms with van der Waals surface area (Å²) in [5.74, 6) is 2.89. The Morgan fingerprint density at radius 3 is 2.11 bits per heavy atom. The molecule has 1 N–H and O–H groups in total. The summed E-state index contributed by atoms with van der Waals surface area (Å²) in [5.41, 5.74) is -0.297. The Morgan fingerprint density at radius 1 is 0.944 bits per heavy atom. The van der Waals surface area contributed by atoms with Gasteiger partial charge < -0.3 is 5.11 Å². The predicted octanol–water partition coefficient (Wildman–Crippen LogP) is 3.65. The maximum Gasteiger partial charge on any atom is 0.149 e. The number of rotatable bonds is 2. The Kier molecular flexibility index (Phi) is 4.09. The van der Waals surface area contributed by atoms with Crippen LogP contribution in [0.4, 0.5) is 0 Å². The summed E-state index contributed by atoms with van der Waals surface area (Å²) in [6.45, 7) is 1.71. The van der Waals surface area contributed by atoms with Gasteiger partial charge in [0.1, 0.15) is 5.60 Å². The second-order valence-corrected chi connectivity index (χ2v) is 4.96. The first kappa shape index (κ1) is 12.8. The minimum atomic E-state index is -1.11. The molecule has 2 aromatic rings. The molecular weight excluding hydrogens is 240 g/mol. The van der Waals surface area contributed by atoms with Gasteiger partial charge in [0.2, 0.25) is 0 Å². The fourth-order valence-electron chi connectivity index (χ4n) is 1.51. The number of aliphatic hydroxyl groups is 1. The molecule has 0 saturated carbocycles. The van der Waals surface area contributed by atoms with Crippen molar-refractivity contribution in [2.24, 2.45) is 0 Å². The zero-order valence-corrected chi connectivity index (χ0v) is 10.9. The molecule has 1 atom stereocenters. The normalized spacial score (nSPS) is 13.2. The van der Waals surface area contributed by atoms with Crippen molar-refractivity contribution in [3.05, 3.63) is 66.2 Å². The molecule has 0 heterocycles. The summed E-state index contributed by atoms with van der Waals surface area (Å²) in [6, 6.07) is 19.4. The molecular formula is C16H14OS. The first-order chi connectivity index (χ1) is 8.68. The van der Waals surface area contributed by atoms with Gasteiger partial charge in [0.15, 0.2) is 0 Å². The first-order valence-corrected chi connectivity index (χ1v) is 6.52. The maximum absolute atomic E-state index is 10.3. The van der Waals surface area contributed by atoms with Crippen LogP contribution in [0.2, 0.25) is 0 Å². The molecule has 2 aromatic carbocycles. The van der Waals surface area contributed by atoms with E-state index in [1.807, 2.05) is 60.7 Å². The molecule has 0 fully saturated rings. The average molecular weight is 254 g/mol. The van der Waals surface area contributed by atoms with Gasteiger partial charge in [-0.1, -0.05) is 54.5 Å². The average Bonchev–Trinajstić information content (AvgIpc) is 2.41. The lowest BCUT2D eigenvalue weighted by Crippen LogP contribution is -2.17. The number of thioether (sulfide) groups is 1. The Hall–Kier alpha value is -1.69.